The summed E-state index contributed by atoms with van der Waals surface area (Å²) in [5.41, 5.74) is 2.43. The average Bonchev–Trinajstić information content (AvgIpc) is 2.80. The van der Waals surface area contributed by atoms with Crippen molar-refractivity contribution < 1.29 is 0 Å². The molecule has 2 nitrogen and oxygen atoms in total. The molecule has 17 heavy (non-hydrogen) atoms. The SMILES string of the molecule is CC1CCCC1n1c(=S)[nH]c2cc(I)ccc21. The Morgan fingerprint density at radius 3 is 2.94 bits per heavy atom. The molecule has 0 spiro atoms. The van der Waals surface area contributed by atoms with Gasteiger partial charge in [0.05, 0.1) is 11.0 Å². The number of hydrogen-bond acceptors (Lipinski definition) is 1. The Morgan fingerprint density at radius 1 is 1.41 bits per heavy atom. The van der Waals surface area contributed by atoms with Gasteiger partial charge in [-0.15, -0.1) is 0 Å². The summed E-state index contributed by atoms with van der Waals surface area (Å²) in [6.07, 6.45) is 3.91. The average molecular weight is 358 g/mol. The van der Waals surface area contributed by atoms with Gasteiger partial charge in [0.1, 0.15) is 0 Å². The van der Waals surface area contributed by atoms with Crippen LogP contribution in [0.2, 0.25) is 0 Å². The minimum atomic E-state index is 0.580. The smallest absolute Gasteiger partial charge is 0.178 e. The number of hydrogen-bond donors (Lipinski definition) is 1. The highest BCUT2D eigenvalue weighted by Gasteiger charge is 2.26. The summed E-state index contributed by atoms with van der Waals surface area (Å²) in [6.45, 7) is 2.34. The molecule has 90 valence electrons. The van der Waals surface area contributed by atoms with Gasteiger partial charge in [-0.3, -0.25) is 0 Å². The van der Waals surface area contributed by atoms with E-state index in [4.69, 9.17) is 12.2 Å². The van der Waals surface area contributed by atoms with E-state index in [-0.39, 0.29) is 0 Å². The quantitative estimate of drug-likeness (QED) is 0.581. The summed E-state index contributed by atoms with van der Waals surface area (Å²) in [5, 5.41) is 0. The van der Waals surface area contributed by atoms with Gasteiger partial charge in [0, 0.05) is 9.61 Å². The molecule has 0 bridgehead atoms. The molecule has 1 saturated carbocycles. The van der Waals surface area contributed by atoms with Crippen LogP contribution in [-0.2, 0) is 0 Å². The molecule has 1 aliphatic carbocycles. The standard InChI is InChI=1S/C13H15IN2S/c1-8-3-2-4-11(8)16-12-6-5-9(14)7-10(12)15-13(16)17/h5-8,11H,2-4H2,1H3,(H,15,17). The van der Waals surface area contributed by atoms with Gasteiger partial charge in [-0.25, -0.2) is 0 Å². The molecule has 0 amide bonds. The lowest BCUT2D eigenvalue weighted by Crippen LogP contribution is -2.11. The lowest BCUT2D eigenvalue weighted by Gasteiger charge is -2.18. The molecule has 1 aromatic heterocycles. The minimum absolute atomic E-state index is 0.580. The predicted molar refractivity (Wildman–Crippen MR) is 81.9 cm³/mol. The first-order chi connectivity index (χ1) is 8.16. The van der Waals surface area contributed by atoms with Crippen molar-refractivity contribution in [2.45, 2.75) is 32.2 Å². The Labute approximate surface area is 120 Å². The van der Waals surface area contributed by atoms with E-state index in [9.17, 15) is 0 Å². The van der Waals surface area contributed by atoms with Crippen LogP contribution in [0.5, 0.6) is 0 Å². The molecule has 0 aliphatic heterocycles. The van der Waals surface area contributed by atoms with E-state index in [1.807, 2.05) is 0 Å². The first-order valence-electron chi connectivity index (χ1n) is 6.06. The second-order valence-electron chi connectivity index (χ2n) is 4.94. The maximum atomic E-state index is 5.49. The van der Waals surface area contributed by atoms with Gasteiger partial charge in [-0.1, -0.05) is 13.3 Å². The molecule has 1 fully saturated rings. The molecule has 0 saturated heterocycles. The number of benzene rings is 1. The highest BCUT2D eigenvalue weighted by molar-refractivity contribution is 14.1. The van der Waals surface area contributed by atoms with Gasteiger partial charge in [0.15, 0.2) is 4.77 Å². The number of aromatic nitrogens is 2. The van der Waals surface area contributed by atoms with Gasteiger partial charge in [0.25, 0.3) is 0 Å². The third-order valence-corrected chi connectivity index (χ3v) is 4.80. The van der Waals surface area contributed by atoms with Crippen molar-refractivity contribution in [2.75, 3.05) is 0 Å². The van der Waals surface area contributed by atoms with E-state index in [2.05, 4.69) is 57.3 Å². The zero-order valence-corrected chi connectivity index (χ0v) is 12.7. The summed E-state index contributed by atoms with van der Waals surface area (Å²) >= 11 is 7.83. The van der Waals surface area contributed by atoms with Crippen LogP contribution in [0.3, 0.4) is 0 Å². The monoisotopic (exact) mass is 358 g/mol. The third-order valence-electron chi connectivity index (χ3n) is 3.83. The van der Waals surface area contributed by atoms with Crippen molar-refractivity contribution in [2.24, 2.45) is 5.92 Å². The van der Waals surface area contributed by atoms with Crippen LogP contribution in [0.25, 0.3) is 11.0 Å². The van der Waals surface area contributed by atoms with Crippen LogP contribution in [0.1, 0.15) is 32.2 Å². The lowest BCUT2D eigenvalue weighted by atomic mass is 10.1. The van der Waals surface area contributed by atoms with E-state index in [0.29, 0.717) is 6.04 Å². The van der Waals surface area contributed by atoms with Gasteiger partial charge in [-0.2, -0.15) is 0 Å². The summed E-state index contributed by atoms with van der Waals surface area (Å²) in [7, 11) is 0. The Hall–Kier alpha value is -0.360. The number of nitrogens with one attached hydrogen (secondary N) is 1. The lowest BCUT2D eigenvalue weighted by molar-refractivity contribution is 0.413. The van der Waals surface area contributed by atoms with Crippen molar-refractivity contribution in [3.63, 3.8) is 0 Å². The van der Waals surface area contributed by atoms with Crippen molar-refractivity contribution in [1.29, 1.82) is 0 Å². The Balaban J connectivity index is 2.22. The van der Waals surface area contributed by atoms with E-state index in [1.54, 1.807) is 0 Å². The number of aromatic amines is 1. The first-order valence-corrected chi connectivity index (χ1v) is 7.55. The van der Waals surface area contributed by atoms with E-state index in [0.717, 1.165) is 10.7 Å². The highest BCUT2D eigenvalue weighted by Crippen LogP contribution is 2.37. The van der Waals surface area contributed by atoms with Crippen LogP contribution in [0.4, 0.5) is 0 Å². The summed E-state index contributed by atoms with van der Waals surface area (Å²) < 4.78 is 4.46. The molecule has 4 heteroatoms. The Kier molecular flexibility index (Phi) is 3.02. The predicted octanol–water partition coefficient (Wildman–Crippen LogP) is 4.66. The molecule has 3 rings (SSSR count). The van der Waals surface area contributed by atoms with Crippen molar-refractivity contribution in [3.05, 3.63) is 26.5 Å². The fourth-order valence-electron chi connectivity index (χ4n) is 2.94. The fraction of sp³-hybridized carbons (Fsp3) is 0.462. The van der Waals surface area contributed by atoms with Gasteiger partial charge in [0.2, 0.25) is 0 Å². The topological polar surface area (TPSA) is 20.7 Å². The molecular weight excluding hydrogens is 343 g/mol. The van der Waals surface area contributed by atoms with Gasteiger partial charge in [-0.05, 0) is 71.8 Å². The molecule has 2 aromatic rings. The van der Waals surface area contributed by atoms with Gasteiger partial charge >= 0.3 is 0 Å². The molecule has 1 aliphatic rings. The molecule has 1 aromatic carbocycles. The fourth-order valence-corrected chi connectivity index (χ4v) is 3.78. The largest absolute Gasteiger partial charge is 0.331 e. The molecule has 1 heterocycles. The minimum Gasteiger partial charge on any atom is -0.331 e. The number of nitrogens with zero attached hydrogens (tertiary/aromatic N) is 1. The Bertz CT molecular complexity index is 613. The Morgan fingerprint density at radius 2 is 2.24 bits per heavy atom. The zero-order valence-electron chi connectivity index (χ0n) is 9.74. The van der Waals surface area contributed by atoms with Crippen LogP contribution in [-0.4, -0.2) is 9.55 Å². The maximum absolute atomic E-state index is 5.49. The second kappa shape index (κ2) is 4.39. The van der Waals surface area contributed by atoms with Crippen LogP contribution in [0.15, 0.2) is 18.2 Å². The second-order valence-corrected chi connectivity index (χ2v) is 6.57. The summed E-state index contributed by atoms with van der Waals surface area (Å²) in [5.74, 6) is 0.736. The molecule has 0 radical (unpaired) electrons. The zero-order chi connectivity index (χ0) is 12.0. The molecular formula is C13H15IN2S. The maximum Gasteiger partial charge on any atom is 0.178 e. The number of rotatable bonds is 1. The van der Waals surface area contributed by atoms with Crippen molar-refractivity contribution in [3.8, 4) is 0 Å². The summed E-state index contributed by atoms with van der Waals surface area (Å²) in [6, 6.07) is 7.09. The summed E-state index contributed by atoms with van der Waals surface area (Å²) in [4.78, 5) is 3.34. The number of fused-ring (bicyclic) bond motifs is 1. The van der Waals surface area contributed by atoms with Crippen LogP contribution in [0, 0.1) is 14.3 Å². The van der Waals surface area contributed by atoms with E-state index >= 15 is 0 Å². The number of halogens is 1. The van der Waals surface area contributed by atoms with E-state index < -0.39 is 0 Å². The van der Waals surface area contributed by atoms with Crippen molar-refractivity contribution >= 4 is 45.8 Å². The van der Waals surface area contributed by atoms with Crippen LogP contribution < -0.4 is 0 Å². The molecule has 2 unspecified atom stereocenters. The molecule has 1 N–H and O–H groups in total. The number of H-pyrrole nitrogens is 1. The van der Waals surface area contributed by atoms with Crippen LogP contribution >= 0.6 is 34.8 Å². The van der Waals surface area contributed by atoms with Crippen molar-refractivity contribution in [1.82, 2.24) is 9.55 Å². The molecule has 2 atom stereocenters. The number of imidazole rings is 1. The highest BCUT2D eigenvalue weighted by atomic mass is 127. The van der Waals surface area contributed by atoms with E-state index in [1.165, 1.54) is 33.9 Å². The normalized spacial score (nSPS) is 24.6. The third kappa shape index (κ3) is 1.95. The van der Waals surface area contributed by atoms with Gasteiger partial charge < -0.3 is 9.55 Å². The first kappa shape index (κ1) is 11.7.